The van der Waals surface area contributed by atoms with Crippen molar-refractivity contribution in [2.75, 3.05) is 71.4 Å². The number of hydrogen-bond acceptors (Lipinski definition) is 12. The number of likely N-dealkylation sites (N-methyl/N-ethyl adjacent to an activating group) is 2. The standard InChI is InChI=1S/C52H69FN5O9P/c1-7-49(64)28-33-27-48(4,38-25-34-12-9-10-13-35(34)36(38)16-21-57(29-33)31-49)37-26-39-40(24-32(37)3)56(6)45-51(39)18-22-58-20-11-17-50(8-2,44(51)58)46(62)52(45,65)47(63)54-19-23-66-43(61)30-55(5)41(59)14-15-42(60)67-68-53/h9-13,17,24,26,33,44-46,62,64-65,68H,7-8,14-16,18-23,25,27-31H2,1-6H3,(H,54,63)/t33?,44?,45?,46-,48-,49?,50-,51-,52+/m0/s1. The van der Waals surface area contributed by atoms with Crippen LogP contribution in [0.5, 0.6) is 0 Å². The monoisotopic (exact) mass is 957 g/mol. The number of fused-ring (bicyclic) bond motifs is 5. The van der Waals surface area contributed by atoms with Crippen molar-refractivity contribution in [3.8, 4) is 0 Å². The average Bonchev–Trinajstić information content (AvgIpc) is 3.98. The van der Waals surface area contributed by atoms with Gasteiger partial charge in [0.15, 0.2) is 5.60 Å². The molecule has 2 aromatic carbocycles. The summed E-state index contributed by atoms with van der Waals surface area (Å²) >= 11 is 0. The number of esters is 1. The topological polar surface area (TPSA) is 172 Å². The van der Waals surface area contributed by atoms with E-state index in [2.05, 4.69) is 82.9 Å². The fraction of sp³-hybridized carbons (Fsp3) is 0.615. The number of nitrogens with one attached hydrogen (secondary N) is 1. The van der Waals surface area contributed by atoms with E-state index in [0.29, 0.717) is 32.4 Å². The number of carbonyl (C=O) groups is 4. The third kappa shape index (κ3) is 7.64. The summed E-state index contributed by atoms with van der Waals surface area (Å²) in [5.74, 6) is -2.64. The van der Waals surface area contributed by atoms with Crippen LogP contribution in [0.1, 0.15) is 100.0 Å². The summed E-state index contributed by atoms with van der Waals surface area (Å²) in [6.45, 7) is 11.8. The molecule has 5 heterocycles. The minimum absolute atomic E-state index is 0.165. The first kappa shape index (κ1) is 48.8. The molecule has 2 aromatic rings. The second-order valence-corrected chi connectivity index (χ2v) is 21.6. The van der Waals surface area contributed by atoms with Crippen molar-refractivity contribution in [3.63, 3.8) is 0 Å². The van der Waals surface area contributed by atoms with Crippen molar-refractivity contribution < 1.29 is 48.0 Å². The molecule has 16 heteroatoms. The van der Waals surface area contributed by atoms with Gasteiger partial charge in [-0.2, -0.15) is 4.20 Å². The van der Waals surface area contributed by atoms with E-state index in [1.54, 1.807) is 0 Å². The molecule has 0 radical (unpaired) electrons. The summed E-state index contributed by atoms with van der Waals surface area (Å²) in [5, 5.41) is 41.0. The Morgan fingerprint density at radius 3 is 2.54 bits per heavy atom. The number of aliphatic hydroxyl groups excluding tert-OH is 1. The van der Waals surface area contributed by atoms with Crippen LogP contribution in [0.15, 0.2) is 54.1 Å². The van der Waals surface area contributed by atoms with Crippen LogP contribution in [0.4, 0.5) is 9.88 Å². The smallest absolute Gasteiger partial charge is 0.325 e. The fourth-order valence-corrected chi connectivity index (χ4v) is 14.9. The van der Waals surface area contributed by atoms with Gasteiger partial charge in [0.1, 0.15) is 19.3 Å². The highest BCUT2D eigenvalue weighted by Gasteiger charge is 2.78. The molecule has 2 saturated heterocycles. The molecule has 2 amide bonds. The zero-order valence-electron chi connectivity index (χ0n) is 40.4. The first-order chi connectivity index (χ1) is 32.4. The molecule has 9 rings (SSSR count). The van der Waals surface area contributed by atoms with Gasteiger partial charge in [-0.05, 0) is 104 Å². The Morgan fingerprint density at radius 2 is 1.79 bits per heavy atom. The molecule has 14 nitrogen and oxygen atoms in total. The molecule has 1 spiro atoms. The Balaban J connectivity index is 1.06. The maximum atomic E-state index is 14.9. The van der Waals surface area contributed by atoms with E-state index in [-0.39, 0.29) is 38.0 Å². The van der Waals surface area contributed by atoms with E-state index < -0.39 is 79.0 Å². The average molecular weight is 958 g/mol. The van der Waals surface area contributed by atoms with Crippen LogP contribution in [0.3, 0.4) is 0 Å². The number of aliphatic hydroxyl groups is 3. The highest BCUT2D eigenvalue weighted by Crippen LogP contribution is 2.67. The number of carbonyl (C=O) groups excluding carboxylic acids is 4. The van der Waals surface area contributed by atoms with Gasteiger partial charge in [0.25, 0.3) is 15.0 Å². The van der Waals surface area contributed by atoms with Gasteiger partial charge in [0.2, 0.25) is 5.91 Å². The van der Waals surface area contributed by atoms with Crippen molar-refractivity contribution in [2.24, 2.45) is 11.3 Å². The molecule has 11 atom stereocenters. The number of halogens is 1. The summed E-state index contributed by atoms with van der Waals surface area (Å²) in [6, 6.07) is 12.4. The third-order valence-corrected chi connectivity index (χ3v) is 17.9. The lowest BCUT2D eigenvalue weighted by Gasteiger charge is -2.63. The first-order valence-corrected chi connectivity index (χ1v) is 25.4. The van der Waals surface area contributed by atoms with Crippen LogP contribution in [-0.4, -0.2) is 150 Å². The molecule has 7 aliphatic rings. The molecule has 2 aliphatic carbocycles. The number of hydrogen-bond donors (Lipinski definition) is 4. The first-order valence-electron chi connectivity index (χ1n) is 24.6. The maximum Gasteiger partial charge on any atom is 0.325 e. The van der Waals surface area contributed by atoms with Crippen molar-refractivity contribution in [1.29, 1.82) is 0 Å². The number of amides is 2. The summed E-state index contributed by atoms with van der Waals surface area (Å²) in [4.78, 5) is 59.7. The number of benzene rings is 2. The molecular weight excluding hydrogens is 889 g/mol. The normalized spacial score (nSPS) is 34.6. The lowest BCUT2D eigenvalue weighted by Crippen LogP contribution is -2.81. The van der Waals surface area contributed by atoms with E-state index in [1.807, 2.05) is 24.9 Å². The molecular formula is C52H69FN5O9P. The van der Waals surface area contributed by atoms with Crippen molar-refractivity contribution in [2.45, 2.75) is 126 Å². The third-order valence-electron chi connectivity index (χ3n) is 17.6. The van der Waals surface area contributed by atoms with E-state index in [4.69, 9.17) is 4.74 Å². The minimum atomic E-state index is -2.31. The molecule has 5 aliphatic heterocycles. The van der Waals surface area contributed by atoms with Gasteiger partial charge in [0, 0.05) is 74.7 Å². The summed E-state index contributed by atoms with van der Waals surface area (Å²) in [5.41, 5.74) is 4.66. The van der Waals surface area contributed by atoms with Gasteiger partial charge in [-0.3, -0.25) is 29.0 Å². The van der Waals surface area contributed by atoms with Crippen molar-refractivity contribution in [3.05, 3.63) is 81.9 Å². The number of ether oxygens (including phenoxy) is 1. The van der Waals surface area contributed by atoms with Crippen molar-refractivity contribution in [1.82, 2.24) is 20.0 Å². The number of allylic oxidation sites excluding steroid dienone is 1. The molecule has 2 bridgehead atoms. The lowest BCUT2D eigenvalue weighted by molar-refractivity contribution is -0.203. The lowest BCUT2D eigenvalue weighted by atomic mass is 9.47. The fourth-order valence-electron chi connectivity index (χ4n) is 14.7. The predicted octanol–water partition coefficient (Wildman–Crippen LogP) is 4.64. The van der Waals surface area contributed by atoms with E-state index in [9.17, 15) is 38.7 Å². The summed E-state index contributed by atoms with van der Waals surface area (Å²) in [6.07, 6.45) is 7.21. The van der Waals surface area contributed by atoms with Crippen LogP contribution in [0, 0.1) is 18.3 Å². The summed E-state index contributed by atoms with van der Waals surface area (Å²) in [7, 11) is 1.80. The second-order valence-electron chi connectivity index (χ2n) is 21.2. The Bertz CT molecular complexity index is 2440. The van der Waals surface area contributed by atoms with Crippen LogP contribution >= 0.6 is 9.12 Å². The van der Waals surface area contributed by atoms with Gasteiger partial charge >= 0.3 is 11.9 Å². The van der Waals surface area contributed by atoms with Crippen LogP contribution in [0.25, 0.3) is 5.57 Å². The van der Waals surface area contributed by atoms with E-state index >= 15 is 0 Å². The Kier molecular flexibility index (Phi) is 13.0. The number of nitrogens with zero attached hydrogens (tertiary/aromatic N) is 4. The molecule has 68 heavy (non-hydrogen) atoms. The predicted molar refractivity (Wildman–Crippen MR) is 258 cm³/mol. The minimum Gasteiger partial charge on any atom is -0.462 e. The second kappa shape index (κ2) is 18.2. The number of rotatable bonds is 13. The number of piperidine rings is 1. The molecule has 0 aromatic heterocycles. The molecule has 1 saturated carbocycles. The van der Waals surface area contributed by atoms with E-state index in [0.717, 1.165) is 67.0 Å². The molecule has 368 valence electrons. The number of aryl methyl sites for hydroxylation is 1. The van der Waals surface area contributed by atoms with Crippen LogP contribution in [-0.2, 0) is 45.7 Å². The summed E-state index contributed by atoms with van der Waals surface area (Å²) < 4.78 is 22.0. The Labute approximate surface area is 401 Å². The zero-order chi connectivity index (χ0) is 48.6. The molecule has 6 unspecified atom stereocenters. The zero-order valence-corrected chi connectivity index (χ0v) is 41.4. The van der Waals surface area contributed by atoms with Crippen LogP contribution < -0.4 is 10.2 Å². The molecule has 4 N–H and O–H groups in total. The molecule has 3 fully saturated rings. The Hall–Kier alpha value is -4.24. The number of anilines is 1. The van der Waals surface area contributed by atoms with Crippen LogP contribution in [0.2, 0.25) is 0 Å². The highest BCUT2D eigenvalue weighted by molar-refractivity contribution is 7.26. The van der Waals surface area contributed by atoms with Gasteiger partial charge < -0.3 is 39.7 Å². The van der Waals surface area contributed by atoms with Gasteiger partial charge in [-0.1, -0.05) is 68.8 Å². The largest absolute Gasteiger partial charge is 0.462 e. The maximum absolute atomic E-state index is 14.9. The highest BCUT2D eigenvalue weighted by atomic mass is 31.1. The Morgan fingerprint density at radius 1 is 1.01 bits per heavy atom. The SMILES string of the molecule is CCC1(O)CC2CN(CCC3=C(Cc4ccccc43)[C@](C)(c3cc4c(cc3C)N(C)C3[C@@]45CCN4CC=C[C@@](CC)(C45)[C@H](O)[C@@]3(O)C(=O)NCCOC(=O)CN(C)C(=O)CCC(=O)OPF)C2)C1. The quantitative estimate of drug-likeness (QED) is 0.0951. The van der Waals surface area contributed by atoms with E-state index in [1.165, 1.54) is 34.9 Å². The van der Waals surface area contributed by atoms with Crippen molar-refractivity contribution >= 4 is 44.1 Å². The van der Waals surface area contributed by atoms with Gasteiger partial charge in [-0.25, -0.2) is 0 Å². The van der Waals surface area contributed by atoms with Gasteiger partial charge in [-0.15, -0.1) is 0 Å². The van der Waals surface area contributed by atoms with Gasteiger partial charge in [0.05, 0.1) is 24.6 Å².